The van der Waals surface area contributed by atoms with E-state index in [9.17, 15) is 22.8 Å². The highest BCUT2D eigenvalue weighted by Crippen LogP contribution is 2.35. The minimum Gasteiger partial charge on any atom is -0.378 e. The minimum absolute atomic E-state index is 0.112. The first kappa shape index (κ1) is 24.0. The minimum atomic E-state index is -4.43. The van der Waals surface area contributed by atoms with Gasteiger partial charge in [0.2, 0.25) is 11.9 Å². The summed E-state index contributed by atoms with van der Waals surface area (Å²) in [5, 5.41) is 6.08. The lowest BCUT2D eigenvalue weighted by Gasteiger charge is -2.26. The summed E-state index contributed by atoms with van der Waals surface area (Å²) in [7, 11) is 1.77. The number of aromatic nitrogens is 3. The number of rotatable bonds is 5. The molecule has 1 fully saturated rings. The van der Waals surface area contributed by atoms with E-state index in [1.807, 2.05) is 0 Å². The van der Waals surface area contributed by atoms with Crippen LogP contribution in [0.25, 0.3) is 21.3 Å². The van der Waals surface area contributed by atoms with Crippen molar-refractivity contribution in [3.8, 4) is 0 Å². The second kappa shape index (κ2) is 9.39. The van der Waals surface area contributed by atoms with E-state index in [1.54, 1.807) is 34.7 Å². The number of hydrogen-bond acceptors (Lipinski definition) is 7. The lowest BCUT2D eigenvalue weighted by Crippen LogP contribution is -2.45. The third-order valence-corrected chi connectivity index (χ3v) is 6.78. The quantitative estimate of drug-likeness (QED) is 0.419. The number of ether oxygens (including phenoxy) is 1. The zero-order chi connectivity index (χ0) is 25.4. The van der Waals surface area contributed by atoms with Crippen molar-refractivity contribution in [1.29, 1.82) is 0 Å². The van der Waals surface area contributed by atoms with Crippen LogP contribution in [0.4, 0.5) is 24.3 Å². The molecule has 0 atom stereocenters. The Hall–Kier alpha value is -3.71. The van der Waals surface area contributed by atoms with E-state index in [0.717, 1.165) is 29.0 Å². The van der Waals surface area contributed by atoms with Crippen molar-refractivity contribution in [2.75, 3.05) is 38.2 Å². The standard InChI is InChI=1S/C23H21F3N6O3S/c1-31-17-5-2-13(20(34)27-12-19(33)32-6-8-35-9-7-32)10-16(17)28-21(31)30-22-29-15-4-3-14(23(24,25)26)11-18(15)36-22/h2-5,10-11H,6-9,12H2,1H3,(H,27,34)(H,28,29,30). The maximum atomic E-state index is 13.0. The van der Waals surface area contributed by atoms with Gasteiger partial charge in [0, 0.05) is 25.7 Å². The third-order valence-electron chi connectivity index (χ3n) is 5.84. The molecule has 9 nitrogen and oxygen atoms in total. The fourth-order valence-corrected chi connectivity index (χ4v) is 4.78. The molecule has 2 aromatic carbocycles. The molecule has 0 spiro atoms. The van der Waals surface area contributed by atoms with Gasteiger partial charge in [0.25, 0.3) is 5.91 Å². The van der Waals surface area contributed by atoms with E-state index in [4.69, 9.17) is 4.74 Å². The monoisotopic (exact) mass is 518 g/mol. The molecule has 4 aromatic rings. The fraction of sp³-hybridized carbons (Fsp3) is 0.304. The summed E-state index contributed by atoms with van der Waals surface area (Å²) >= 11 is 1.09. The van der Waals surface area contributed by atoms with E-state index in [0.29, 0.717) is 58.7 Å². The van der Waals surface area contributed by atoms with Crippen LogP contribution >= 0.6 is 11.3 Å². The maximum absolute atomic E-state index is 13.0. The van der Waals surface area contributed by atoms with Gasteiger partial charge in [-0.3, -0.25) is 9.59 Å². The van der Waals surface area contributed by atoms with E-state index in [1.165, 1.54) is 6.07 Å². The lowest BCUT2D eigenvalue weighted by atomic mass is 10.2. The Morgan fingerprint density at radius 2 is 1.86 bits per heavy atom. The van der Waals surface area contributed by atoms with Crippen LogP contribution in [0.3, 0.4) is 0 Å². The van der Waals surface area contributed by atoms with Gasteiger partial charge in [-0.05, 0) is 36.4 Å². The topological polar surface area (TPSA) is 101 Å². The smallest absolute Gasteiger partial charge is 0.378 e. The molecule has 0 bridgehead atoms. The van der Waals surface area contributed by atoms with E-state index in [-0.39, 0.29) is 12.5 Å². The van der Waals surface area contributed by atoms with Gasteiger partial charge in [0.15, 0.2) is 5.13 Å². The summed E-state index contributed by atoms with van der Waals surface area (Å²) in [6.45, 7) is 1.86. The van der Waals surface area contributed by atoms with Gasteiger partial charge in [-0.1, -0.05) is 11.3 Å². The molecule has 3 heterocycles. The van der Waals surface area contributed by atoms with Gasteiger partial charge < -0.3 is 24.8 Å². The highest BCUT2D eigenvalue weighted by Gasteiger charge is 2.30. The van der Waals surface area contributed by atoms with Crippen molar-refractivity contribution < 1.29 is 27.5 Å². The third kappa shape index (κ3) is 4.84. The Labute approximate surface area is 206 Å². The molecule has 1 aliphatic rings. The van der Waals surface area contributed by atoms with Crippen molar-refractivity contribution >= 4 is 55.5 Å². The van der Waals surface area contributed by atoms with Crippen LogP contribution in [0, 0.1) is 0 Å². The Balaban J connectivity index is 1.31. The first-order chi connectivity index (χ1) is 17.2. The molecule has 2 aromatic heterocycles. The molecule has 0 unspecified atom stereocenters. The highest BCUT2D eigenvalue weighted by molar-refractivity contribution is 7.22. The maximum Gasteiger partial charge on any atom is 0.416 e. The predicted octanol–water partition coefficient (Wildman–Crippen LogP) is 3.53. The molecule has 1 saturated heterocycles. The number of anilines is 2. The van der Waals surface area contributed by atoms with Crippen LogP contribution < -0.4 is 10.6 Å². The molecular weight excluding hydrogens is 497 g/mol. The molecule has 188 valence electrons. The SMILES string of the molecule is Cn1c(Nc2nc3ccc(C(F)(F)F)cc3s2)nc2cc(C(=O)NCC(=O)N3CCOCC3)ccc21. The highest BCUT2D eigenvalue weighted by atomic mass is 32.1. The van der Waals surface area contributed by atoms with Crippen molar-refractivity contribution in [3.63, 3.8) is 0 Å². The molecule has 1 aliphatic heterocycles. The van der Waals surface area contributed by atoms with E-state index < -0.39 is 17.6 Å². The largest absolute Gasteiger partial charge is 0.416 e. The number of amides is 2. The first-order valence-corrected chi connectivity index (χ1v) is 11.9. The number of morpholine rings is 1. The number of hydrogen-bond donors (Lipinski definition) is 2. The normalized spacial score (nSPS) is 14.4. The number of nitrogens with one attached hydrogen (secondary N) is 2. The predicted molar refractivity (Wildman–Crippen MR) is 128 cm³/mol. The van der Waals surface area contributed by atoms with Gasteiger partial charge in [-0.2, -0.15) is 13.2 Å². The number of benzene rings is 2. The van der Waals surface area contributed by atoms with E-state index >= 15 is 0 Å². The Kier molecular flexibility index (Phi) is 6.26. The summed E-state index contributed by atoms with van der Waals surface area (Å²) < 4.78 is 46.4. The number of imidazole rings is 1. The Morgan fingerprint density at radius 1 is 1.08 bits per heavy atom. The molecule has 36 heavy (non-hydrogen) atoms. The fourth-order valence-electron chi connectivity index (χ4n) is 3.89. The van der Waals surface area contributed by atoms with Crippen molar-refractivity contribution in [2.24, 2.45) is 7.05 Å². The van der Waals surface area contributed by atoms with Crippen LogP contribution in [0.1, 0.15) is 15.9 Å². The second-order valence-corrected chi connectivity index (χ2v) is 9.23. The van der Waals surface area contributed by atoms with Crippen LogP contribution in [-0.2, 0) is 22.8 Å². The van der Waals surface area contributed by atoms with Gasteiger partial charge in [0.05, 0.1) is 46.6 Å². The Bertz CT molecular complexity index is 1460. The molecule has 0 radical (unpaired) electrons. The Morgan fingerprint density at radius 3 is 2.61 bits per heavy atom. The number of carbonyl (C=O) groups excluding carboxylic acids is 2. The number of carbonyl (C=O) groups is 2. The lowest BCUT2D eigenvalue weighted by molar-refractivity contribution is -0.137. The molecule has 5 rings (SSSR count). The number of fused-ring (bicyclic) bond motifs is 2. The van der Waals surface area contributed by atoms with Crippen molar-refractivity contribution in [1.82, 2.24) is 24.8 Å². The summed E-state index contributed by atoms with van der Waals surface area (Å²) in [5.41, 5.74) is 1.33. The number of halogens is 3. The summed E-state index contributed by atoms with van der Waals surface area (Å²) in [6.07, 6.45) is -4.43. The molecule has 2 N–H and O–H groups in total. The van der Waals surface area contributed by atoms with Crippen LogP contribution in [0.5, 0.6) is 0 Å². The second-order valence-electron chi connectivity index (χ2n) is 8.20. The van der Waals surface area contributed by atoms with Gasteiger partial charge in [-0.25, -0.2) is 9.97 Å². The van der Waals surface area contributed by atoms with E-state index in [2.05, 4.69) is 20.6 Å². The van der Waals surface area contributed by atoms with Crippen LogP contribution in [-0.4, -0.2) is 64.1 Å². The average molecular weight is 519 g/mol. The average Bonchev–Trinajstić information content (AvgIpc) is 3.41. The molecule has 2 amide bonds. The van der Waals surface area contributed by atoms with Gasteiger partial charge in [0.1, 0.15) is 0 Å². The molecule has 0 aliphatic carbocycles. The van der Waals surface area contributed by atoms with Crippen LogP contribution in [0.15, 0.2) is 36.4 Å². The summed E-state index contributed by atoms with van der Waals surface area (Å²) in [4.78, 5) is 35.4. The summed E-state index contributed by atoms with van der Waals surface area (Å²) in [5.74, 6) is -0.152. The van der Waals surface area contributed by atoms with Crippen LogP contribution in [0.2, 0.25) is 0 Å². The van der Waals surface area contributed by atoms with Crippen molar-refractivity contribution in [2.45, 2.75) is 6.18 Å². The van der Waals surface area contributed by atoms with Gasteiger partial charge in [-0.15, -0.1) is 0 Å². The zero-order valence-electron chi connectivity index (χ0n) is 19.1. The zero-order valence-corrected chi connectivity index (χ0v) is 19.9. The molecule has 0 saturated carbocycles. The number of aryl methyl sites for hydroxylation is 1. The number of thiazole rings is 1. The van der Waals surface area contributed by atoms with Gasteiger partial charge >= 0.3 is 6.18 Å². The summed E-state index contributed by atoms with van der Waals surface area (Å²) in [6, 6.07) is 8.40. The number of alkyl halides is 3. The van der Waals surface area contributed by atoms with Crippen molar-refractivity contribution in [3.05, 3.63) is 47.5 Å². The molecule has 13 heteroatoms. The number of nitrogens with zero attached hydrogens (tertiary/aromatic N) is 4. The first-order valence-electron chi connectivity index (χ1n) is 11.0. The molecular formula is C23H21F3N6O3S.